The number of aliphatic hydroxyl groups is 5. The molecule has 0 spiro atoms. The third-order valence-corrected chi connectivity index (χ3v) is 5.77. The maximum Gasteiger partial charge on any atom is 0.336 e. The number of ether oxygens (including phenoxy) is 3. The Morgan fingerprint density at radius 2 is 1.79 bits per heavy atom. The minimum atomic E-state index is -1.61. The predicted molar refractivity (Wildman–Crippen MR) is 113 cm³/mol. The highest BCUT2D eigenvalue weighted by atomic mass is 16.7. The first-order valence-corrected chi connectivity index (χ1v) is 10.4. The van der Waals surface area contributed by atoms with E-state index in [9.17, 15) is 30.3 Å². The van der Waals surface area contributed by atoms with E-state index in [0.717, 1.165) is 0 Å². The largest absolute Gasteiger partial charge is 0.489 e. The van der Waals surface area contributed by atoms with Crippen LogP contribution in [0.15, 0.2) is 44.2 Å². The van der Waals surface area contributed by atoms with E-state index in [-0.39, 0.29) is 12.2 Å². The van der Waals surface area contributed by atoms with Gasteiger partial charge in [0.15, 0.2) is 6.29 Å². The molecule has 6 atom stereocenters. The van der Waals surface area contributed by atoms with Crippen molar-refractivity contribution in [2.24, 2.45) is 0 Å². The van der Waals surface area contributed by atoms with Gasteiger partial charge in [0, 0.05) is 12.1 Å². The molecule has 1 unspecified atom stereocenters. The number of hydrogen-bond donors (Lipinski definition) is 5. The average molecular weight is 466 g/mol. The van der Waals surface area contributed by atoms with Gasteiger partial charge in [-0.05, 0) is 26.0 Å². The molecule has 2 aromatic heterocycles. The molecule has 3 aromatic rings. The van der Waals surface area contributed by atoms with Gasteiger partial charge in [0.25, 0.3) is 0 Å². The number of furan rings is 1. The van der Waals surface area contributed by atoms with Crippen molar-refractivity contribution in [1.82, 2.24) is 0 Å². The number of rotatable bonds is 7. The van der Waals surface area contributed by atoms with Crippen LogP contribution in [0.5, 0.6) is 5.75 Å². The highest BCUT2D eigenvalue weighted by Gasteiger charge is 2.47. The summed E-state index contributed by atoms with van der Waals surface area (Å²) in [5, 5.41) is 51.3. The van der Waals surface area contributed by atoms with Gasteiger partial charge < -0.3 is 48.6 Å². The molecule has 0 aliphatic carbocycles. The summed E-state index contributed by atoms with van der Waals surface area (Å²) in [6.07, 6.45) is -7.10. The zero-order chi connectivity index (χ0) is 23.9. The highest BCUT2D eigenvalue weighted by Crippen LogP contribution is 2.35. The summed E-state index contributed by atoms with van der Waals surface area (Å²) >= 11 is 0. The van der Waals surface area contributed by atoms with E-state index >= 15 is 0 Å². The summed E-state index contributed by atoms with van der Waals surface area (Å²) in [6, 6.07) is 6.05. The molecule has 11 nitrogen and oxygen atoms in total. The van der Waals surface area contributed by atoms with Crippen LogP contribution in [0.25, 0.3) is 21.9 Å². The lowest BCUT2D eigenvalue weighted by Gasteiger charge is -2.43. The quantitative estimate of drug-likeness (QED) is 0.294. The van der Waals surface area contributed by atoms with Crippen molar-refractivity contribution < 1.29 is 48.6 Å². The molecule has 1 fully saturated rings. The van der Waals surface area contributed by atoms with Crippen molar-refractivity contribution >= 4 is 21.9 Å². The lowest BCUT2D eigenvalue weighted by molar-refractivity contribution is -0.332. The number of hydrogen-bond acceptors (Lipinski definition) is 11. The lowest BCUT2D eigenvalue weighted by Crippen LogP contribution is -2.61. The topological polar surface area (TPSA) is 172 Å². The molecule has 0 radical (unpaired) electrons. The first-order valence-electron chi connectivity index (χ1n) is 10.4. The van der Waals surface area contributed by atoms with Crippen molar-refractivity contribution in [3.63, 3.8) is 0 Å². The van der Waals surface area contributed by atoms with Crippen LogP contribution in [-0.2, 0) is 9.47 Å². The zero-order valence-electron chi connectivity index (χ0n) is 18.0. The first kappa shape index (κ1) is 23.6. The van der Waals surface area contributed by atoms with E-state index in [1.165, 1.54) is 26.2 Å². The van der Waals surface area contributed by atoms with E-state index in [2.05, 4.69) is 0 Å². The fourth-order valence-corrected chi connectivity index (χ4v) is 3.67. The average Bonchev–Trinajstić information content (AvgIpc) is 3.24. The van der Waals surface area contributed by atoms with E-state index in [4.69, 9.17) is 23.0 Å². The van der Waals surface area contributed by atoms with Gasteiger partial charge in [-0.15, -0.1) is 0 Å². The third kappa shape index (κ3) is 4.49. The van der Waals surface area contributed by atoms with Crippen LogP contribution in [0, 0.1) is 0 Å². The monoisotopic (exact) mass is 466 g/mol. The molecule has 5 N–H and O–H groups in total. The summed E-state index contributed by atoms with van der Waals surface area (Å²) < 4.78 is 27.6. The smallest absolute Gasteiger partial charge is 0.336 e. The summed E-state index contributed by atoms with van der Waals surface area (Å²) in [5.41, 5.74) is -1.20. The Labute approximate surface area is 187 Å². The van der Waals surface area contributed by atoms with Crippen LogP contribution < -0.4 is 10.4 Å². The Bertz CT molecular complexity index is 1160. The van der Waals surface area contributed by atoms with Crippen LogP contribution in [0.1, 0.15) is 13.8 Å². The molecule has 1 saturated heterocycles. The van der Waals surface area contributed by atoms with Crippen LogP contribution in [0.2, 0.25) is 0 Å². The Morgan fingerprint density at radius 3 is 2.52 bits per heavy atom. The van der Waals surface area contributed by atoms with Gasteiger partial charge in [-0.1, -0.05) is 0 Å². The zero-order valence-corrected chi connectivity index (χ0v) is 18.0. The van der Waals surface area contributed by atoms with Crippen molar-refractivity contribution in [2.75, 3.05) is 13.2 Å². The molecule has 180 valence electrons. The second-order valence-electron chi connectivity index (χ2n) is 8.45. The molecule has 3 heterocycles. The first-order chi connectivity index (χ1) is 15.6. The lowest BCUT2D eigenvalue weighted by atomic mass is 9.98. The maximum atomic E-state index is 11.6. The molecule has 0 amide bonds. The van der Waals surface area contributed by atoms with Crippen LogP contribution in [0.4, 0.5) is 0 Å². The van der Waals surface area contributed by atoms with Crippen LogP contribution in [-0.4, -0.2) is 81.2 Å². The summed E-state index contributed by atoms with van der Waals surface area (Å²) in [4.78, 5) is 11.6. The van der Waals surface area contributed by atoms with E-state index < -0.39 is 54.6 Å². The maximum absolute atomic E-state index is 11.6. The van der Waals surface area contributed by atoms with Crippen molar-refractivity contribution in [1.29, 1.82) is 0 Å². The van der Waals surface area contributed by atoms with Gasteiger partial charge >= 0.3 is 5.63 Å². The molecule has 1 aliphatic heterocycles. The minimum absolute atomic E-state index is 0.256. The van der Waals surface area contributed by atoms with Gasteiger partial charge in [0.05, 0.1) is 29.2 Å². The van der Waals surface area contributed by atoms with Crippen molar-refractivity contribution in [2.45, 2.75) is 56.3 Å². The standard InChI is InChI=1S/C22H26O11/c1-22(2,33-21-19(28)18(27)17(26)14(8-23)32-21)15(24)9-30-20-10-3-4-16(25)31-13(10)7-12-11(20)5-6-29-12/h3-7,14-15,17-19,21,23-24,26-28H,8-9H2,1-2H3/t14-,15?,17-,18+,19-,21+/m1/s1. The van der Waals surface area contributed by atoms with E-state index in [1.807, 2.05) is 0 Å². The Morgan fingerprint density at radius 1 is 1.06 bits per heavy atom. The predicted octanol–water partition coefficient (Wildman–Crippen LogP) is -0.126. The van der Waals surface area contributed by atoms with Crippen LogP contribution >= 0.6 is 0 Å². The SMILES string of the molecule is CC(C)(O[C@@H]1O[C@H](CO)[C@@H](O)[C@H](O)[C@H]1O)C(O)COc1c2ccoc2cc2oc(=O)ccc12. The van der Waals surface area contributed by atoms with Crippen molar-refractivity contribution in [3.8, 4) is 5.75 Å². The number of aliphatic hydroxyl groups excluding tert-OH is 5. The van der Waals surface area contributed by atoms with Gasteiger partial charge in [0.2, 0.25) is 0 Å². The Balaban J connectivity index is 1.52. The molecule has 0 saturated carbocycles. The summed E-state index contributed by atoms with van der Waals surface area (Å²) in [6.45, 7) is 2.19. The molecular weight excluding hydrogens is 440 g/mol. The molecule has 11 heteroatoms. The van der Waals surface area contributed by atoms with Crippen LogP contribution in [0.3, 0.4) is 0 Å². The summed E-state index contributed by atoms with van der Waals surface area (Å²) in [5.74, 6) is 0.336. The number of fused-ring (bicyclic) bond motifs is 2. The normalized spacial score (nSPS) is 27.2. The minimum Gasteiger partial charge on any atom is -0.489 e. The molecule has 1 aromatic carbocycles. The molecule has 1 aliphatic rings. The molecule has 0 bridgehead atoms. The van der Waals surface area contributed by atoms with Crippen molar-refractivity contribution in [3.05, 3.63) is 40.9 Å². The van der Waals surface area contributed by atoms with Gasteiger partial charge in [0.1, 0.15) is 54.0 Å². The molecule has 4 rings (SSSR count). The van der Waals surface area contributed by atoms with E-state index in [0.29, 0.717) is 22.1 Å². The molecular formula is C22H26O11. The Hall–Kier alpha value is -2.51. The highest BCUT2D eigenvalue weighted by molar-refractivity contribution is 6.01. The van der Waals surface area contributed by atoms with Gasteiger partial charge in [-0.2, -0.15) is 0 Å². The molecule has 33 heavy (non-hydrogen) atoms. The fraction of sp³-hybridized carbons (Fsp3) is 0.500. The van der Waals surface area contributed by atoms with Gasteiger partial charge in [-0.25, -0.2) is 4.79 Å². The second-order valence-corrected chi connectivity index (χ2v) is 8.45. The summed E-state index contributed by atoms with van der Waals surface area (Å²) in [7, 11) is 0. The number of benzene rings is 1. The van der Waals surface area contributed by atoms with E-state index in [1.54, 1.807) is 18.2 Å². The Kier molecular flexibility index (Phi) is 6.47. The fourth-order valence-electron chi connectivity index (χ4n) is 3.67. The van der Waals surface area contributed by atoms with Gasteiger partial charge in [-0.3, -0.25) is 0 Å². The third-order valence-electron chi connectivity index (χ3n) is 5.77. The second kappa shape index (κ2) is 9.03.